The van der Waals surface area contributed by atoms with Gasteiger partial charge >= 0.3 is 0 Å². The number of nitrogens with two attached hydrogens (primary N) is 1. The van der Waals surface area contributed by atoms with E-state index >= 15 is 0 Å². The van der Waals surface area contributed by atoms with Crippen LogP contribution in [-0.4, -0.2) is 26.9 Å². The summed E-state index contributed by atoms with van der Waals surface area (Å²) < 4.78 is 6.47. The first-order chi connectivity index (χ1) is 7.69. The van der Waals surface area contributed by atoms with Gasteiger partial charge in [-0.2, -0.15) is 5.10 Å². The normalized spacial score (nSPS) is 10.6. The smallest absolute Gasteiger partial charge is 0.159 e. The predicted molar refractivity (Wildman–Crippen MR) is 59.3 cm³/mol. The quantitative estimate of drug-likeness (QED) is 0.866. The van der Waals surface area contributed by atoms with Crippen molar-refractivity contribution in [1.29, 1.82) is 0 Å². The van der Waals surface area contributed by atoms with Crippen LogP contribution in [0.1, 0.15) is 5.82 Å². The Balaban J connectivity index is 2.40. The molecule has 84 valence electrons. The topological polar surface area (TPSA) is 78.9 Å². The van der Waals surface area contributed by atoms with Crippen LogP contribution in [0.5, 0.6) is 0 Å². The van der Waals surface area contributed by atoms with Crippen molar-refractivity contribution in [2.45, 2.75) is 6.61 Å². The molecule has 0 aliphatic heterocycles. The van der Waals surface area contributed by atoms with Crippen LogP contribution in [0.4, 0.5) is 5.82 Å². The zero-order chi connectivity index (χ0) is 11.5. The van der Waals surface area contributed by atoms with Crippen molar-refractivity contribution in [1.82, 2.24) is 19.7 Å². The Hall–Kier alpha value is -1.66. The van der Waals surface area contributed by atoms with Crippen molar-refractivity contribution in [3.8, 4) is 5.82 Å². The minimum Gasteiger partial charge on any atom is -0.384 e. The Kier molecular flexibility index (Phi) is 3.02. The molecule has 0 aromatic carbocycles. The Morgan fingerprint density at radius 1 is 1.50 bits per heavy atom. The fraction of sp³-hybridized carbons (Fsp3) is 0.222. The standard InChI is InChI=1S/C9H10ClN5O/c1-16-5-8-13-7(11)2-9(14-8)15-4-6(10)3-12-15/h2-4H,5H2,1H3,(H2,11,13,14). The van der Waals surface area contributed by atoms with Crippen molar-refractivity contribution < 1.29 is 4.74 Å². The van der Waals surface area contributed by atoms with Crippen LogP contribution in [-0.2, 0) is 11.3 Å². The van der Waals surface area contributed by atoms with Gasteiger partial charge in [0.05, 0.1) is 17.4 Å². The molecule has 2 aromatic heterocycles. The molecule has 0 bridgehead atoms. The van der Waals surface area contributed by atoms with Crippen molar-refractivity contribution >= 4 is 17.4 Å². The minimum atomic E-state index is 0.299. The lowest BCUT2D eigenvalue weighted by Crippen LogP contribution is -2.06. The van der Waals surface area contributed by atoms with E-state index in [1.807, 2.05) is 0 Å². The van der Waals surface area contributed by atoms with E-state index in [0.29, 0.717) is 29.1 Å². The molecule has 0 unspecified atom stereocenters. The lowest BCUT2D eigenvalue weighted by molar-refractivity contribution is 0.178. The molecular weight excluding hydrogens is 230 g/mol. The maximum absolute atomic E-state index is 5.77. The van der Waals surface area contributed by atoms with Gasteiger partial charge in [0, 0.05) is 13.2 Å². The van der Waals surface area contributed by atoms with Crippen LogP contribution in [0.2, 0.25) is 5.02 Å². The average molecular weight is 240 g/mol. The van der Waals surface area contributed by atoms with Gasteiger partial charge in [0.2, 0.25) is 0 Å². The monoisotopic (exact) mass is 239 g/mol. The Labute approximate surface area is 97.0 Å². The van der Waals surface area contributed by atoms with Gasteiger partial charge < -0.3 is 10.5 Å². The van der Waals surface area contributed by atoms with Gasteiger partial charge in [0.1, 0.15) is 12.4 Å². The van der Waals surface area contributed by atoms with Gasteiger partial charge in [-0.3, -0.25) is 0 Å². The summed E-state index contributed by atoms with van der Waals surface area (Å²) in [5, 5.41) is 4.56. The van der Waals surface area contributed by atoms with Gasteiger partial charge in [0.25, 0.3) is 0 Å². The molecule has 0 spiro atoms. The first kappa shape index (κ1) is 10.8. The van der Waals surface area contributed by atoms with Gasteiger partial charge in [-0.1, -0.05) is 11.6 Å². The van der Waals surface area contributed by atoms with Crippen molar-refractivity contribution in [3.63, 3.8) is 0 Å². The number of anilines is 1. The molecule has 2 rings (SSSR count). The SMILES string of the molecule is COCc1nc(N)cc(-n2cc(Cl)cn2)n1. The highest BCUT2D eigenvalue weighted by atomic mass is 35.5. The molecule has 0 atom stereocenters. The van der Waals surface area contributed by atoms with E-state index in [1.54, 1.807) is 19.4 Å². The second kappa shape index (κ2) is 4.46. The first-order valence-corrected chi connectivity index (χ1v) is 4.90. The predicted octanol–water partition coefficient (Wildman–Crippen LogP) is 1.04. The molecule has 0 saturated carbocycles. The van der Waals surface area contributed by atoms with Crippen molar-refractivity contribution in [2.24, 2.45) is 0 Å². The van der Waals surface area contributed by atoms with Crippen LogP contribution in [0.15, 0.2) is 18.5 Å². The molecule has 7 heteroatoms. The Morgan fingerprint density at radius 3 is 2.94 bits per heavy atom. The number of methoxy groups -OCH3 is 1. The first-order valence-electron chi connectivity index (χ1n) is 4.52. The minimum absolute atomic E-state index is 0.299. The summed E-state index contributed by atoms with van der Waals surface area (Å²) >= 11 is 5.77. The zero-order valence-corrected chi connectivity index (χ0v) is 9.35. The van der Waals surface area contributed by atoms with Gasteiger partial charge in [-0.25, -0.2) is 14.6 Å². The number of hydrogen-bond donors (Lipinski definition) is 1. The number of rotatable bonds is 3. The molecule has 2 aromatic rings. The molecule has 16 heavy (non-hydrogen) atoms. The number of nitrogens with zero attached hydrogens (tertiary/aromatic N) is 4. The molecule has 0 aliphatic rings. The molecule has 0 radical (unpaired) electrons. The highest BCUT2D eigenvalue weighted by molar-refractivity contribution is 6.30. The second-order valence-electron chi connectivity index (χ2n) is 3.10. The Bertz CT molecular complexity index is 498. The van der Waals surface area contributed by atoms with E-state index in [4.69, 9.17) is 22.1 Å². The summed E-state index contributed by atoms with van der Waals surface area (Å²) in [4.78, 5) is 8.26. The number of ether oxygens (including phenoxy) is 1. The van der Waals surface area contributed by atoms with Crippen LogP contribution in [0, 0.1) is 0 Å². The zero-order valence-electron chi connectivity index (χ0n) is 8.59. The maximum atomic E-state index is 5.77. The van der Waals surface area contributed by atoms with E-state index < -0.39 is 0 Å². The summed E-state index contributed by atoms with van der Waals surface area (Å²) in [6.07, 6.45) is 3.16. The van der Waals surface area contributed by atoms with E-state index in [-0.39, 0.29) is 0 Å². The number of aromatic nitrogens is 4. The highest BCUT2D eigenvalue weighted by Gasteiger charge is 2.05. The van der Waals surface area contributed by atoms with Crippen molar-refractivity contribution in [2.75, 3.05) is 12.8 Å². The number of halogens is 1. The molecule has 0 saturated heterocycles. The van der Waals surface area contributed by atoms with Gasteiger partial charge in [-0.15, -0.1) is 0 Å². The third-order valence-corrected chi connectivity index (χ3v) is 2.03. The molecule has 2 N–H and O–H groups in total. The fourth-order valence-corrected chi connectivity index (χ4v) is 1.38. The Morgan fingerprint density at radius 2 is 2.31 bits per heavy atom. The van der Waals surface area contributed by atoms with Crippen LogP contribution in [0.3, 0.4) is 0 Å². The molecule has 0 amide bonds. The molecule has 0 aliphatic carbocycles. The summed E-state index contributed by atoms with van der Waals surface area (Å²) in [5.74, 6) is 1.43. The molecule has 2 heterocycles. The number of nitrogen functional groups attached to an aromatic ring is 1. The molecule has 0 fully saturated rings. The summed E-state index contributed by atoms with van der Waals surface area (Å²) in [6, 6.07) is 1.61. The van der Waals surface area contributed by atoms with E-state index in [2.05, 4.69) is 15.1 Å². The van der Waals surface area contributed by atoms with E-state index in [0.717, 1.165) is 0 Å². The summed E-state index contributed by atoms with van der Waals surface area (Å²) in [6.45, 7) is 0.299. The van der Waals surface area contributed by atoms with Crippen LogP contribution >= 0.6 is 11.6 Å². The molecule has 6 nitrogen and oxygen atoms in total. The third kappa shape index (κ3) is 2.29. The van der Waals surface area contributed by atoms with Gasteiger partial charge in [-0.05, 0) is 0 Å². The number of hydrogen-bond acceptors (Lipinski definition) is 5. The van der Waals surface area contributed by atoms with E-state index in [1.165, 1.54) is 10.9 Å². The third-order valence-electron chi connectivity index (χ3n) is 1.84. The average Bonchev–Trinajstić information content (AvgIpc) is 2.64. The van der Waals surface area contributed by atoms with Crippen molar-refractivity contribution in [3.05, 3.63) is 29.3 Å². The molecular formula is C9H10ClN5O. The lowest BCUT2D eigenvalue weighted by Gasteiger charge is -2.04. The second-order valence-corrected chi connectivity index (χ2v) is 3.54. The fourth-order valence-electron chi connectivity index (χ4n) is 1.24. The van der Waals surface area contributed by atoms with Gasteiger partial charge in [0.15, 0.2) is 11.6 Å². The summed E-state index contributed by atoms with van der Waals surface area (Å²) in [5.41, 5.74) is 5.65. The maximum Gasteiger partial charge on any atom is 0.159 e. The van der Waals surface area contributed by atoms with Crippen LogP contribution in [0.25, 0.3) is 5.82 Å². The highest BCUT2D eigenvalue weighted by Crippen LogP contribution is 2.12. The summed E-state index contributed by atoms with van der Waals surface area (Å²) in [7, 11) is 1.57. The largest absolute Gasteiger partial charge is 0.384 e. The van der Waals surface area contributed by atoms with E-state index in [9.17, 15) is 0 Å². The lowest BCUT2D eigenvalue weighted by atomic mass is 10.5. The van der Waals surface area contributed by atoms with Crippen LogP contribution < -0.4 is 5.73 Å².